The standard InChI is InChI=1S/C19H20Cl2N2O2/c1-4-14-7-5-6-12(2)19(14)23(13(3)24)11-18(25)22-17-9-15(20)8-16(21)10-17/h5-10H,4,11H2,1-3H3,(H,22,25). The van der Waals surface area contributed by atoms with Crippen molar-refractivity contribution in [1.82, 2.24) is 0 Å². The molecule has 0 atom stereocenters. The molecule has 0 saturated carbocycles. The van der Waals surface area contributed by atoms with Crippen molar-refractivity contribution < 1.29 is 9.59 Å². The Kier molecular flexibility index (Phi) is 6.45. The summed E-state index contributed by atoms with van der Waals surface area (Å²) in [5, 5.41) is 3.59. The van der Waals surface area contributed by atoms with Crippen LogP contribution >= 0.6 is 23.2 Å². The van der Waals surface area contributed by atoms with Gasteiger partial charge in [0.25, 0.3) is 0 Å². The SMILES string of the molecule is CCc1cccc(C)c1N(CC(=O)Nc1cc(Cl)cc(Cl)c1)C(C)=O. The summed E-state index contributed by atoms with van der Waals surface area (Å²) >= 11 is 11.9. The summed E-state index contributed by atoms with van der Waals surface area (Å²) in [6.07, 6.45) is 0.770. The Hall–Kier alpha value is -2.04. The Labute approximate surface area is 157 Å². The monoisotopic (exact) mass is 378 g/mol. The predicted molar refractivity (Wildman–Crippen MR) is 104 cm³/mol. The summed E-state index contributed by atoms with van der Waals surface area (Å²) in [5.41, 5.74) is 3.25. The molecular weight excluding hydrogens is 359 g/mol. The Morgan fingerprint density at radius 1 is 1.12 bits per heavy atom. The Balaban J connectivity index is 2.25. The number of rotatable bonds is 5. The maximum absolute atomic E-state index is 12.4. The molecule has 0 heterocycles. The van der Waals surface area contributed by atoms with Crippen LogP contribution in [0, 0.1) is 6.92 Å². The summed E-state index contributed by atoms with van der Waals surface area (Å²) in [4.78, 5) is 26.1. The number of carbonyl (C=O) groups excluding carboxylic acids is 2. The molecule has 6 heteroatoms. The average Bonchev–Trinajstić information content (AvgIpc) is 2.51. The van der Waals surface area contributed by atoms with E-state index in [4.69, 9.17) is 23.2 Å². The highest BCUT2D eigenvalue weighted by molar-refractivity contribution is 6.35. The van der Waals surface area contributed by atoms with Gasteiger partial charge in [-0.05, 0) is 42.7 Å². The predicted octanol–water partition coefficient (Wildman–Crippen LogP) is 4.86. The first-order valence-electron chi connectivity index (χ1n) is 7.94. The number of nitrogens with zero attached hydrogens (tertiary/aromatic N) is 1. The van der Waals surface area contributed by atoms with Gasteiger partial charge in [0.2, 0.25) is 11.8 Å². The zero-order chi connectivity index (χ0) is 18.6. The molecule has 0 unspecified atom stereocenters. The molecule has 25 heavy (non-hydrogen) atoms. The highest BCUT2D eigenvalue weighted by Gasteiger charge is 2.20. The number of hydrogen-bond donors (Lipinski definition) is 1. The minimum atomic E-state index is -0.321. The molecule has 0 bridgehead atoms. The van der Waals surface area contributed by atoms with Gasteiger partial charge in [-0.1, -0.05) is 48.3 Å². The normalized spacial score (nSPS) is 10.4. The lowest BCUT2D eigenvalue weighted by Gasteiger charge is -2.25. The van der Waals surface area contributed by atoms with Crippen LogP contribution in [0.25, 0.3) is 0 Å². The maximum Gasteiger partial charge on any atom is 0.244 e. The summed E-state index contributed by atoms with van der Waals surface area (Å²) in [6, 6.07) is 10.6. The average molecular weight is 379 g/mol. The van der Waals surface area contributed by atoms with Crippen molar-refractivity contribution in [2.24, 2.45) is 0 Å². The Morgan fingerprint density at radius 3 is 2.32 bits per heavy atom. The number of anilines is 2. The first-order chi connectivity index (χ1) is 11.8. The fraction of sp³-hybridized carbons (Fsp3) is 0.263. The van der Waals surface area contributed by atoms with Gasteiger partial charge >= 0.3 is 0 Å². The van der Waals surface area contributed by atoms with E-state index in [-0.39, 0.29) is 18.4 Å². The number of para-hydroxylation sites is 1. The molecule has 0 aliphatic carbocycles. The van der Waals surface area contributed by atoms with E-state index in [1.165, 1.54) is 11.8 Å². The Morgan fingerprint density at radius 2 is 1.76 bits per heavy atom. The van der Waals surface area contributed by atoms with Gasteiger partial charge in [0.15, 0.2) is 0 Å². The van der Waals surface area contributed by atoms with Crippen LogP contribution in [0.1, 0.15) is 25.0 Å². The first-order valence-corrected chi connectivity index (χ1v) is 8.70. The second-order valence-electron chi connectivity index (χ2n) is 5.75. The number of nitrogens with one attached hydrogen (secondary N) is 1. The van der Waals surface area contributed by atoms with E-state index in [1.54, 1.807) is 18.2 Å². The second-order valence-corrected chi connectivity index (χ2v) is 6.62. The minimum Gasteiger partial charge on any atom is -0.324 e. The van der Waals surface area contributed by atoms with E-state index in [2.05, 4.69) is 5.32 Å². The highest BCUT2D eigenvalue weighted by Crippen LogP contribution is 2.26. The van der Waals surface area contributed by atoms with Gasteiger partial charge in [0.05, 0.1) is 5.69 Å². The first kappa shape index (κ1) is 19.3. The zero-order valence-corrected chi connectivity index (χ0v) is 15.9. The molecule has 132 valence electrons. The van der Waals surface area contributed by atoms with Gasteiger partial charge in [-0.25, -0.2) is 0 Å². The molecule has 0 aliphatic rings. The van der Waals surface area contributed by atoms with Crippen molar-refractivity contribution in [3.63, 3.8) is 0 Å². The van der Waals surface area contributed by atoms with Crippen molar-refractivity contribution in [3.8, 4) is 0 Å². The lowest BCUT2D eigenvalue weighted by molar-refractivity contribution is -0.120. The van der Waals surface area contributed by atoms with Crippen molar-refractivity contribution in [2.45, 2.75) is 27.2 Å². The summed E-state index contributed by atoms with van der Waals surface area (Å²) in [5.74, 6) is -0.512. The lowest BCUT2D eigenvalue weighted by atomic mass is 10.0. The highest BCUT2D eigenvalue weighted by atomic mass is 35.5. The van der Waals surface area contributed by atoms with Gasteiger partial charge < -0.3 is 10.2 Å². The lowest BCUT2D eigenvalue weighted by Crippen LogP contribution is -2.37. The molecule has 2 amide bonds. The maximum atomic E-state index is 12.4. The van der Waals surface area contributed by atoms with Gasteiger partial charge in [-0.2, -0.15) is 0 Å². The van der Waals surface area contributed by atoms with E-state index >= 15 is 0 Å². The van der Waals surface area contributed by atoms with Crippen LogP contribution in [0.2, 0.25) is 10.0 Å². The molecule has 1 N–H and O–H groups in total. The van der Waals surface area contributed by atoms with E-state index in [0.717, 1.165) is 23.2 Å². The van der Waals surface area contributed by atoms with Crippen LogP contribution in [0.3, 0.4) is 0 Å². The van der Waals surface area contributed by atoms with Crippen molar-refractivity contribution >= 4 is 46.4 Å². The third kappa shape index (κ3) is 4.97. The molecule has 2 aromatic rings. The van der Waals surface area contributed by atoms with Crippen molar-refractivity contribution in [1.29, 1.82) is 0 Å². The van der Waals surface area contributed by atoms with Gasteiger partial charge in [-0.15, -0.1) is 0 Å². The summed E-state index contributed by atoms with van der Waals surface area (Å²) < 4.78 is 0. The molecule has 0 fully saturated rings. The van der Waals surface area contributed by atoms with E-state index in [1.807, 2.05) is 32.0 Å². The molecule has 2 rings (SSSR count). The number of aryl methyl sites for hydroxylation is 2. The van der Waals surface area contributed by atoms with Crippen molar-refractivity contribution in [3.05, 3.63) is 57.6 Å². The molecule has 4 nitrogen and oxygen atoms in total. The largest absolute Gasteiger partial charge is 0.324 e. The molecule has 0 aromatic heterocycles. The molecule has 2 aromatic carbocycles. The number of halogens is 2. The fourth-order valence-electron chi connectivity index (χ4n) is 2.71. The molecule has 0 saturated heterocycles. The number of amides is 2. The van der Waals surface area contributed by atoms with Crippen molar-refractivity contribution in [2.75, 3.05) is 16.8 Å². The molecule has 0 spiro atoms. The van der Waals surface area contributed by atoms with E-state index < -0.39 is 0 Å². The van der Waals surface area contributed by atoms with E-state index in [0.29, 0.717) is 15.7 Å². The van der Waals surface area contributed by atoms with Crippen LogP contribution in [-0.4, -0.2) is 18.4 Å². The molecular formula is C19H20Cl2N2O2. The smallest absolute Gasteiger partial charge is 0.244 e. The van der Waals surface area contributed by atoms with Crippen LogP contribution in [-0.2, 0) is 16.0 Å². The number of benzene rings is 2. The van der Waals surface area contributed by atoms with E-state index in [9.17, 15) is 9.59 Å². The molecule has 0 radical (unpaired) electrons. The Bertz CT molecular complexity index is 786. The minimum absolute atomic E-state index is 0.0860. The van der Waals surface area contributed by atoms with Gasteiger partial charge in [0.1, 0.15) is 6.54 Å². The van der Waals surface area contributed by atoms with Crippen LogP contribution in [0.4, 0.5) is 11.4 Å². The molecule has 0 aliphatic heterocycles. The second kappa shape index (κ2) is 8.37. The zero-order valence-electron chi connectivity index (χ0n) is 14.4. The third-order valence-corrected chi connectivity index (χ3v) is 4.24. The number of carbonyl (C=O) groups is 2. The third-order valence-electron chi connectivity index (χ3n) is 3.80. The quantitative estimate of drug-likeness (QED) is 0.807. The summed E-state index contributed by atoms with van der Waals surface area (Å²) in [7, 11) is 0. The number of hydrogen-bond acceptors (Lipinski definition) is 2. The fourth-order valence-corrected chi connectivity index (χ4v) is 3.24. The topological polar surface area (TPSA) is 49.4 Å². The van der Waals surface area contributed by atoms with Gasteiger partial charge in [0, 0.05) is 22.7 Å². The van der Waals surface area contributed by atoms with Crippen LogP contribution < -0.4 is 10.2 Å². The van der Waals surface area contributed by atoms with Gasteiger partial charge in [-0.3, -0.25) is 9.59 Å². The van der Waals surface area contributed by atoms with Crippen LogP contribution in [0.15, 0.2) is 36.4 Å². The summed E-state index contributed by atoms with van der Waals surface area (Å²) in [6.45, 7) is 5.32. The van der Waals surface area contributed by atoms with Crippen LogP contribution in [0.5, 0.6) is 0 Å².